The van der Waals surface area contributed by atoms with E-state index in [0.29, 0.717) is 18.4 Å². The monoisotopic (exact) mass is 451 g/mol. The number of nitrogens with two attached hydrogens (primary N) is 1. The molecule has 0 aromatic heterocycles. The molecule has 0 spiro atoms. The molecular weight excluding hydrogens is 426 g/mol. The number of carbonyl (C=O) groups excluding carboxylic acids is 4. The summed E-state index contributed by atoms with van der Waals surface area (Å²) < 4.78 is 28.2. The topological polar surface area (TPSA) is 153 Å². The van der Waals surface area contributed by atoms with Gasteiger partial charge in [-0.1, -0.05) is 18.9 Å². The van der Waals surface area contributed by atoms with Gasteiger partial charge in [-0.2, -0.15) is 0 Å². The summed E-state index contributed by atoms with van der Waals surface area (Å²) in [5, 5.41) is 7.57. The van der Waals surface area contributed by atoms with E-state index in [9.17, 15) is 27.6 Å². The Morgan fingerprint density at radius 3 is 2.32 bits per heavy atom. The van der Waals surface area contributed by atoms with Gasteiger partial charge in [-0.3, -0.25) is 19.3 Å². The van der Waals surface area contributed by atoms with Gasteiger partial charge >= 0.3 is 5.97 Å². The number of rotatable bonds is 6. The standard InChI is InChI=1S/C20H25N3O7S/c1-11-7-8-13(9-16(11)31(21,28)29)22-17(24)10-30-20(27)12(2)23-18(25)14-5-3-4-6-15(14)19(23)26/h7-9,12,14-15H,3-6,10H2,1-2H3,(H,22,24)(H2,21,28,29). The lowest BCUT2D eigenvalue weighted by Crippen LogP contribution is -2.45. The second-order valence-corrected chi connectivity index (χ2v) is 9.43. The zero-order valence-electron chi connectivity index (χ0n) is 17.3. The summed E-state index contributed by atoms with van der Waals surface area (Å²) >= 11 is 0. The molecule has 2 aliphatic rings. The van der Waals surface area contributed by atoms with E-state index in [1.54, 1.807) is 6.92 Å². The Labute approximate surface area is 180 Å². The molecule has 3 rings (SSSR count). The molecule has 3 amide bonds. The number of aryl methyl sites for hydroxylation is 1. The highest BCUT2D eigenvalue weighted by Crippen LogP contribution is 2.38. The summed E-state index contributed by atoms with van der Waals surface area (Å²) in [6, 6.07) is 3.03. The summed E-state index contributed by atoms with van der Waals surface area (Å²) in [6.07, 6.45) is 3.01. The number of hydrogen-bond donors (Lipinski definition) is 2. The van der Waals surface area contributed by atoms with Crippen molar-refractivity contribution in [2.24, 2.45) is 17.0 Å². The average Bonchev–Trinajstić information content (AvgIpc) is 2.97. The largest absolute Gasteiger partial charge is 0.454 e. The van der Waals surface area contributed by atoms with E-state index in [2.05, 4.69) is 5.32 Å². The van der Waals surface area contributed by atoms with Crippen LogP contribution >= 0.6 is 0 Å². The zero-order valence-corrected chi connectivity index (χ0v) is 18.1. The summed E-state index contributed by atoms with van der Waals surface area (Å²) in [4.78, 5) is 50.5. The molecule has 3 unspecified atom stereocenters. The third kappa shape index (κ3) is 4.77. The maximum Gasteiger partial charge on any atom is 0.329 e. The van der Waals surface area contributed by atoms with E-state index < -0.39 is 34.5 Å². The van der Waals surface area contributed by atoms with E-state index in [0.717, 1.165) is 17.7 Å². The second kappa shape index (κ2) is 8.75. The molecule has 168 valence electrons. The second-order valence-electron chi connectivity index (χ2n) is 7.90. The fourth-order valence-electron chi connectivity index (χ4n) is 4.11. The van der Waals surface area contributed by atoms with Gasteiger partial charge in [0.2, 0.25) is 21.8 Å². The van der Waals surface area contributed by atoms with Crippen LogP contribution in [0.4, 0.5) is 5.69 Å². The summed E-state index contributed by atoms with van der Waals surface area (Å²) in [5.74, 6) is -3.07. The average molecular weight is 452 g/mol. The van der Waals surface area contributed by atoms with Crippen LogP contribution < -0.4 is 10.5 Å². The first-order chi connectivity index (χ1) is 14.5. The van der Waals surface area contributed by atoms with Crippen molar-refractivity contribution < 1.29 is 32.3 Å². The number of esters is 1. The van der Waals surface area contributed by atoms with E-state index in [-0.39, 0.29) is 34.2 Å². The molecular formula is C20H25N3O7S. The lowest BCUT2D eigenvalue weighted by atomic mass is 9.81. The first kappa shape index (κ1) is 22.9. The predicted octanol–water partition coefficient (Wildman–Crippen LogP) is 0.688. The molecule has 3 N–H and O–H groups in total. The number of ether oxygens (including phenoxy) is 1. The highest BCUT2D eigenvalue weighted by molar-refractivity contribution is 7.89. The van der Waals surface area contributed by atoms with Gasteiger partial charge < -0.3 is 10.1 Å². The molecule has 1 aromatic carbocycles. The molecule has 11 heteroatoms. The van der Waals surface area contributed by atoms with Crippen molar-refractivity contribution in [2.45, 2.75) is 50.5 Å². The Balaban J connectivity index is 1.59. The van der Waals surface area contributed by atoms with Crippen molar-refractivity contribution in [3.63, 3.8) is 0 Å². The molecule has 1 aromatic rings. The number of primary sulfonamides is 1. The van der Waals surface area contributed by atoms with Crippen molar-refractivity contribution in [3.05, 3.63) is 23.8 Å². The lowest BCUT2D eigenvalue weighted by molar-refractivity contribution is -0.159. The normalized spacial score (nSPS) is 22.1. The van der Waals surface area contributed by atoms with E-state index in [1.807, 2.05) is 0 Å². The fourth-order valence-corrected chi connectivity index (χ4v) is 4.92. The van der Waals surface area contributed by atoms with Crippen LogP contribution in [-0.4, -0.2) is 49.7 Å². The highest BCUT2D eigenvalue weighted by atomic mass is 32.2. The molecule has 1 saturated carbocycles. The van der Waals surface area contributed by atoms with Gasteiger partial charge in [0.05, 0.1) is 16.7 Å². The maximum atomic E-state index is 12.6. The summed E-state index contributed by atoms with van der Waals surface area (Å²) in [7, 11) is -3.96. The van der Waals surface area contributed by atoms with Crippen LogP contribution in [0.15, 0.2) is 23.1 Å². The minimum Gasteiger partial charge on any atom is -0.454 e. The Morgan fingerprint density at radius 1 is 1.19 bits per heavy atom. The smallest absolute Gasteiger partial charge is 0.329 e. The molecule has 10 nitrogen and oxygen atoms in total. The molecule has 0 radical (unpaired) electrons. The van der Waals surface area contributed by atoms with Gasteiger partial charge in [0.1, 0.15) is 6.04 Å². The number of carbonyl (C=O) groups is 4. The van der Waals surface area contributed by atoms with Gasteiger partial charge in [0.15, 0.2) is 6.61 Å². The van der Waals surface area contributed by atoms with Crippen molar-refractivity contribution in [3.8, 4) is 0 Å². The first-order valence-electron chi connectivity index (χ1n) is 9.97. The SMILES string of the molecule is Cc1ccc(NC(=O)COC(=O)C(C)N2C(=O)C3CCCCC3C2=O)cc1S(N)(=O)=O. The van der Waals surface area contributed by atoms with Crippen LogP contribution in [0.2, 0.25) is 0 Å². The molecule has 1 aliphatic heterocycles. The van der Waals surface area contributed by atoms with Crippen LogP contribution in [0, 0.1) is 18.8 Å². The minimum absolute atomic E-state index is 0.136. The Bertz CT molecular complexity index is 1010. The predicted molar refractivity (Wildman–Crippen MR) is 109 cm³/mol. The van der Waals surface area contributed by atoms with Crippen LogP contribution in [0.25, 0.3) is 0 Å². The fraction of sp³-hybridized carbons (Fsp3) is 0.500. The number of nitrogens with zero attached hydrogens (tertiary/aromatic N) is 1. The molecule has 1 aliphatic carbocycles. The molecule has 3 atom stereocenters. The third-order valence-electron chi connectivity index (χ3n) is 5.73. The first-order valence-corrected chi connectivity index (χ1v) is 11.5. The van der Waals surface area contributed by atoms with Crippen LogP contribution in [0.3, 0.4) is 0 Å². The minimum atomic E-state index is -3.96. The number of hydrogen-bond acceptors (Lipinski definition) is 7. The quantitative estimate of drug-likeness (QED) is 0.476. The highest BCUT2D eigenvalue weighted by Gasteiger charge is 2.51. The number of imide groups is 1. The molecule has 2 fully saturated rings. The van der Waals surface area contributed by atoms with Gasteiger partial charge in [-0.15, -0.1) is 0 Å². The lowest BCUT2D eigenvalue weighted by Gasteiger charge is -2.21. The maximum absolute atomic E-state index is 12.6. The van der Waals surface area contributed by atoms with E-state index in [4.69, 9.17) is 9.88 Å². The molecule has 1 saturated heterocycles. The zero-order chi connectivity index (χ0) is 22.9. The number of amides is 3. The molecule has 1 heterocycles. The van der Waals surface area contributed by atoms with Gasteiger partial charge in [-0.05, 0) is 44.4 Å². The van der Waals surface area contributed by atoms with Gasteiger partial charge in [-0.25, -0.2) is 18.4 Å². The van der Waals surface area contributed by atoms with E-state index in [1.165, 1.54) is 25.1 Å². The number of nitrogens with one attached hydrogen (secondary N) is 1. The third-order valence-corrected chi connectivity index (χ3v) is 6.78. The van der Waals surface area contributed by atoms with Gasteiger partial charge in [0, 0.05) is 5.69 Å². The van der Waals surface area contributed by atoms with E-state index >= 15 is 0 Å². The van der Waals surface area contributed by atoms with Crippen molar-refractivity contribution >= 4 is 39.4 Å². The number of likely N-dealkylation sites (tertiary alicyclic amines) is 1. The van der Waals surface area contributed by atoms with Crippen molar-refractivity contribution in [1.82, 2.24) is 4.90 Å². The van der Waals surface area contributed by atoms with Crippen LogP contribution in [0.1, 0.15) is 38.2 Å². The number of benzene rings is 1. The number of fused-ring (bicyclic) bond motifs is 1. The Hall–Kier alpha value is -2.79. The van der Waals surface area contributed by atoms with Crippen molar-refractivity contribution in [1.29, 1.82) is 0 Å². The molecule has 31 heavy (non-hydrogen) atoms. The van der Waals surface area contributed by atoms with Crippen molar-refractivity contribution in [2.75, 3.05) is 11.9 Å². The van der Waals surface area contributed by atoms with Gasteiger partial charge in [0.25, 0.3) is 5.91 Å². The van der Waals surface area contributed by atoms with Crippen LogP contribution in [0.5, 0.6) is 0 Å². The van der Waals surface area contributed by atoms with Crippen LogP contribution in [-0.2, 0) is 33.9 Å². The number of sulfonamides is 1. The summed E-state index contributed by atoms with van der Waals surface area (Å²) in [6.45, 7) is 2.29. The Kier molecular flexibility index (Phi) is 6.46. The summed E-state index contributed by atoms with van der Waals surface area (Å²) in [5.41, 5.74) is 0.582. The number of anilines is 1. The Morgan fingerprint density at radius 2 is 1.77 bits per heavy atom. The molecule has 0 bridgehead atoms.